The van der Waals surface area contributed by atoms with Crippen LogP contribution < -0.4 is 10.1 Å². The van der Waals surface area contributed by atoms with Gasteiger partial charge in [0.15, 0.2) is 0 Å². The lowest BCUT2D eigenvalue weighted by atomic mass is 10.1. The number of aryl methyl sites for hydroxylation is 1. The molecule has 0 aliphatic heterocycles. The monoisotopic (exact) mass is 356 g/mol. The maximum absolute atomic E-state index is 12.7. The molecule has 2 heterocycles. The zero-order chi connectivity index (χ0) is 18.0. The molecule has 0 aliphatic rings. The molecule has 0 saturated heterocycles. The van der Waals surface area contributed by atoms with Crippen molar-refractivity contribution in [2.24, 2.45) is 0 Å². The summed E-state index contributed by atoms with van der Waals surface area (Å²) in [5, 5.41) is 5.28. The molecule has 2 aromatic heterocycles. The summed E-state index contributed by atoms with van der Waals surface area (Å²) in [7, 11) is 2.89. The molecule has 0 spiro atoms. The van der Waals surface area contributed by atoms with Crippen molar-refractivity contribution in [2.75, 3.05) is 19.5 Å². The molecule has 7 heteroatoms. The Hall–Kier alpha value is -2.93. The Kier molecular flexibility index (Phi) is 4.67. The largest absolute Gasteiger partial charge is 0.497 e. The summed E-state index contributed by atoms with van der Waals surface area (Å²) in [5.41, 5.74) is 2.24. The number of carbonyl (C=O) groups excluding carboxylic acids is 2. The number of pyridine rings is 1. The molecule has 1 N–H and O–H groups in total. The Balaban J connectivity index is 1.95. The van der Waals surface area contributed by atoms with Crippen molar-refractivity contribution in [1.29, 1.82) is 0 Å². The molecule has 0 fully saturated rings. The van der Waals surface area contributed by atoms with Crippen LogP contribution in [0.1, 0.15) is 25.7 Å². The first kappa shape index (κ1) is 16.9. The molecule has 0 radical (unpaired) electrons. The average molecular weight is 356 g/mol. The number of aromatic nitrogens is 1. The number of thiophene rings is 1. The Labute approximate surface area is 148 Å². The number of nitrogens with one attached hydrogen (secondary N) is 1. The normalized spacial score (nSPS) is 10.5. The van der Waals surface area contributed by atoms with Gasteiger partial charge in [-0.15, -0.1) is 11.3 Å². The number of hydrogen-bond donors (Lipinski definition) is 1. The van der Waals surface area contributed by atoms with E-state index >= 15 is 0 Å². The summed E-state index contributed by atoms with van der Waals surface area (Å²) in [6, 6.07) is 8.92. The van der Waals surface area contributed by atoms with Crippen molar-refractivity contribution < 1.29 is 19.1 Å². The predicted octanol–water partition coefficient (Wildman–Crippen LogP) is 3.65. The van der Waals surface area contributed by atoms with Crippen molar-refractivity contribution in [3.05, 3.63) is 51.8 Å². The summed E-state index contributed by atoms with van der Waals surface area (Å²) < 4.78 is 9.94. The maximum Gasteiger partial charge on any atom is 0.350 e. The predicted molar refractivity (Wildman–Crippen MR) is 96.6 cm³/mol. The smallest absolute Gasteiger partial charge is 0.350 e. The number of esters is 1. The number of nitrogens with zero attached hydrogens (tertiary/aromatic N) is 1. The summed E-state index contributed by atoms with van der Waals surface area (Å²) in [5.74, 6) is -0.128. The summed E-state index contributed by atoms with van der Waals surface area (Å²) in [6.45, 7) is 1.77. The van der Waals surface area contributed by atoms with Gasteiger partial charge in [-0.1, -0.05) is 0 Å². The van der Waals surface area contributed by atoms with Crippen LogP contribution in [-0.4, -0.2) is 31.1 Å². The molecule has 0 atom stereocenters. The molecular formula is C18H16N2O4S. The van der Waals surface area contributed by atoms with Crippen LogP contribution in [0.4, 0.5) is 5.69 Å². The maximum atomic E-state index is 12.7. The van der Waals surface area contributed by atoms with E-state index in [1.807, 2.05) is 18.2 Å². The highest BCUT2D eigenvalue weighted by Crippen LogP contribution is 2.26. The molecule has 6 nitrogen and oxygen atoms in total. The third-order valence-corrected chi connectivity index (χ3v) is 4.64. The first-order chi connectivity index (χ1) is 12.0. The number of methoxy groups -OCH3 is 2. The Morgan fingerprint density at radius 3 is 2.68 bits per heavy atom. The van der Waals surface area contributed by atoms with Gasteiger partial charge in [0.25, 0.3) is 5.91 Å². The van der Waals surface area contributed by atoms with Crippen LogP contribution in [0, 0.1) is 6.92 Å². The van der Waals surface area contributed by atoms with E-state index in [0.717, 1.165) is 10.9 Å². The quantitative estimate of drug-likeness (QED) is 0.722. The van der Waals surface area contributed by atoms with Gasteiger partial charge in [0, 0.05) is 5.39 Å². The van der Waals surface area contributed by atoms with Crippen molar-refractivity contribution in [3.8, 4) is 5.75 Å². The van der Waals surface area contributed by atoms with Gasteiger partial charge in [-0.2, -0.15) is 0 Å². The molecule has 3 rings (SSSR count). The fourth-order valence-electron chi connectivity index (χ4n) is 2.46. The van der Waals surface area contributed by atoms with Crippen LogP contribution in [0.15, 0.2) is 35.7 Å². The third kappa shape index (κ3) is 3.32. The molecule has 0 aliphatic carbocycles. The Morgan fingerprint density at radius 1 is 1.16 bits per heavy atom. The topological polar surface area (TPSA) is 77.5 Å². The van der Waals surface area contributed by atoms with Gasteiger partial charge in [-0.05, 0) is 42.6 Å². The molecule has 0 bridgehead atoms. The van der Waals surface area contributed by atoms with Gasteiger partial charge in [-0.3, -0.25) is 9.78 Å². The van der Waals surface area contributed by atoms with E-state index in [-0.39, 0.29) is 5.91 Å². The molecule has 1 amide bonds. The Morgan fingerprint density at radius 2 is 1.96 bits per heavy atom. The first-order valence-corrected chi connectivity index (χ1v) is 8.34. The molecular weight excluding hydrogens is 340 g/mol. The lowest BCUT2D eigenvalue weighted by molar-refractivity contribution is 0.0607. The summed E-state index contributed by atoms with van der Waals surface area (Å²) in [4.78, 5) is 29.2. The minimum absolute atomic E-state index is 0.335. The van der Waals surface area contributed by atoms with E-state index < -0.39 is 5.97 Å². The molecule has 1 aromatic carbocycles. The van der Waals surface area contributed by atoms with Gasteiger partial charge >= 0.3 is 5.97 Å². The minimum atomic E-state index is -0.483. The third-order valence-electron chi connectivity index (χ3n) is 3.74. The van der Waals surface area contributed by atoms with Crippen LogP contribution in [0.3, 0.4) is 0 Å². The molecule has 3 aromatic rings. The first-order valence-electron chi connectivity index (χ1n) is 7.46. The number of carbonyl (C=O) groups is 2. The van der Waals surface area contributed by atoms with E-state index in [1.165, 1.54) is 18.4 Å². The second kappa shape index (κ2) is 6.90. The van der Waals surface area contributed by atoms with Gasteiger partial charge in [0.05, 0.1) is 36.7 Å². The molecule has 128 valence electrons. The Bertz CT molecular complexity index is 965. The molecule has 25 heavy (non-hydrogen) atoms. The summed E-state index contributed by atoms with van der Waals surface area (Å²) >= 11 is 1.21. The van der Waals surface area contributed by atoms with Crippen LogP contribution in [0.2, 0.25) is 0 Å². The fraction of sp³-hybridized carbons (Fsp3) is 0.167. The highest BCUT2D eigenvalue weighted by molar-refractivity contribution is 7.12. The summed E-state index contributed by atoms with van der Waals surface area (Å²) in [6.07, 6.45) is 0. The van der Waals surface area contributed by atoms with E-state index in [4.69, 9.17) is 9.47 Å². The van der Waals surface area contributed by atoms with Crippen LogP contribution in [0.5, 0.6) is 5.75 Å². The van der Waals surface area contributed by atoms with E-state index in [9.17, 15) is 9.59 Å². The number of amides is 1. The number of benzene rings is 1. The van der Waals surface area contributed by atoms with Crippen LogP contribution in [0.25, 0.3) is 10.9 Å². The van der Waals surface area contributed by atoms with Crippen LogP contribution in [-0.2, 0) is 4.74 Å². The number of fused-ring (bicyclic) bond motifs is 1. The van der Waals surface area contributed by atoms with Crippen molar-refractivity contribution in [3.63, 3.8) is 0 Å². The second-order valence-corrected chi connectivity index (χ2v) is 6.21. The molecule has 0 saturated carbocycles. The zero-order valence-electron chi connectivity index (χ0n) is 14.0. The minimum Gasteiger partial charge on any atom is -0.497 e. The van der Waals surface area contributed by atoms with E-state index in [2.05, 4.69) is 10.3 Å². The second-order valence-electron chi connectivity index (χ2n) is 5.29. The average Bonchev–Trinajstić information content (AvgIpc) is 3.08. The van der Waals surface area contributed by atoms with Crippen molar-refractivity contribution >= 4 is 39.8 Å². The van der Waals surface area contributed by atoms with Crippen molar-refractivity contribution in [1.82, 2.24) is 4.98 Å². The zero-order valence-corrected chi connectivity index (χ0v) is 14.8. The van der Waals surface area contributed by atoms with Crippen LogP contribution >= 0.6 is 11.3 Å². The standard InChI is InChI=1S/C18H16N2O4S/c1-10-13(9-11-8-12(23-2)4-5-14(11)19-10)17(21)20-15-6-7-25-16(15)18(22)24-3/h4-9H,1-3H3,(H,20,21). The van der Waals surface area contributed by atoms with E-state index in [1.54, 1.807) is 31.5 Å². The SMILES string of the molecule is COC(=O)c1sccc1NC(=O)c1cc2cc(OC)ccc2nc1C. The van der Waals surface area contributed by atoms with Gasteiger partial charge < -0.3 is 14.8 Å². The highest BCUT2D eigenvalue weighted by Gasteiger charge is 2.18. The number of hydrogen-bond acceptors (Lipinski definition) is 6. The van der Waals surface area contributed by atoms with Gasteiger partial charge in [0.2, 0.25) is 0 Å². The molecule has 0 unspecified atom stereocenters. The lowest BCUT2D eigenvalue weighted by Crippen LogP contribution is -2.15. The van der Waals surface area contributed by atoms with Gasteiger partial charge in [0.1, 0.15) is 10.6 Å². The lowest BCUT2D eigenvalue weighted by Gasteiger charge is -2.10. The fourth-order valence-corrected chi connectivity index (χ4v) is 3.22. The number of ether oxygens (including phenoxy) is 2. The number of anilines is 1. The van der Waals surface area contributed by atoms with E-state index in [0.29, 0.717) is 27.6 Å². The van der Waals surface area contributed by atoms with Crippen molar-refractivity contribution in [2.45, 2.75) is 6.92 Å². The highest BCUT2D eigenvalue weighted by atomic mass is 32.1. The van der Waals surface area contributed by atoms with Gasteiger partial charge in [-0.25, -0.2) is 4.79 Å². The number of rotatable bonds is 4.